The summed E-state index contributed by atoms with van der Waals surface area (Å²) < 4.78 is 7.83. The van der Waals surface area contributed by atoms with Crippen molar-refractivity contribution in [2.24, 2.45) is 0 Å². The zero-order chi connectivity index (χ0) is 30.7. The van der Waals surface area contributed by atoms with E-state index in [2.05, 4.69) is 9.97 Å². The van der Waals surface area contributed by atoms with E-state index >= 15 is 0 Å². The predicted molar refractivity (Wildman–Crippen MR) is 169 cm³/mol. The molecule has 0 radical (unpaired) electrons. The molecule has 216 valence electrons. The van der Waals surface area contributed by atoms with Gasteiger partial charge in [-0.1, -0.05) is 69.6 Å². The fraction of sp³-hybridized carbons (Fsp3) is 0.0323. The molecule has 12 heteroatoms. The minimum absolute atomic E-state index is 0.574. The Balaban J connectivity index is 0.000000246. The summed E-state index contributed by atoms with van der Waals surface area (Å²) >= 11 is 36.5. The van der Waals surface area contributed by atoms with E-state index in [0.717, 1.165) is 0 Å². The van der Waals surface area contributed by atoms with Crippen molar-refractivity contribution in [1.82, 2.24) is 9.97 Å². The first-order valence-electron chi connectivity index (χ1n) is 12.6. The molecule has 0 aromatic carbocycles. The van der Waals surface area contributed by atoms with Crippen LogP contribution in [0.15, 0.2) is 147 Å². The van der Waals surface area contributed by atoms with Gasteiger partial charge in [0.15, 0.2) is 24.8 Å². The molecule has 0 saturated heterocycles. The molecule has 6 aromatic heterocycles. The molecule has 6 aromatic rings. The summed E-state index contributed by atoms with van der Waals surface area (Å²) in [5.74, 6) is -1.04. The highest BCUT2D eigenvalue weighted by Crippen LogP contribution is 2.11. The van der Waals surface area contributed by atoms with Crippen LogP contribution in [0.5, 0.6) is 0 Å². The van der Waals surface area contributed by atoms with Gasteiger partial charge in [0.1, 0.15) is 20.1 Å². The maximum atomic E-state index is 6.38. The van der Waals surface area contributed by atoms with E-state index in [1.165, 1.54) is 0 Å². The normalized spacial score (nSPS) is 10.6. The van der Waals surface area contributed by atoms with Gasteiger partial charge in [-0.25, -0.2) is 0 Å². The van der Waals surface area contributed by atoms with Crippen molar-refractivity contribution in [3.8, 4) is 0 Å². The van der Waals surface area contributed by atoms with Gasteiger partial charge in [0.05, 0.1) is 10.0 Å². The molecule has 6 nitrogen and oxygen atoms in total. The number of halogens is 6. The fourth-order valence-electron chi connectivity index (χ4n) is 4.02. The molecule has 0 aliphatic carbocycles. The molecule has 0 aliphatic heterocycles. The van der Waals surface area contributed by atoms with Crippen LogP contribution in [0.25, 0.3) is 0 Å². The van der Waals surface area contributed by atoms with Gasteiger partial charge in [0, 0.05) is 49.1 Å². The van der Waals surface area contributed by atoms with E-state index in [-0.39, 0.29) is 0 Å². The van der Waals surface area contributed by atoms with Gasteiger partial charge in [-0.3, -0.25) is 9.97 Å². The highest BCUT2D eigenvalue weighted by molar-refractivity contribution is 6.31. The second-order valence-corrected chi connectivity index (χ2v) is 11.3. The molecule has 0 spiro atoms. The molecule has 6 heterocycles. The Kier molecular flexibility index (Phi) is 12.1. The average molecular weight is 693 g/mol. The van der Waals surface area contributed by atoms with Gasteiger partial charge < -0.3 is 0 Å². The number of hydrogen-bond acceptors (Lipinski definition) is 2. The first-order valence-corrected chi connectivity index (χ1v) is 14.9. The van der Waals surface area contributed by atoms with Gasteiger partial charge >= 0.3 is 5.91 Å². The number of aromatic nitrogens is 6. The lowest BCUT2D eigenvalue weighted by Gasteiger charge is -2.13. The lowest BCUT2D eigenvalue weighted by Crippen LogP contribution is -2.97. The van der Waals surface area contributed by atoms with Gasteiger partial charge in [0.2, 0.25) is 24.8 Å². The van der Waals surface area contributed by atoms with E-state index in [1.807, 2.05) is 116 Å². The summed E-state index contributed by atoms with van der Waals surface area (Å²) in [6.07, 6.45) is 21.6. The Morgan fingerprint density at radius 1 is 0.395 bits per heavy atom. The summed E-state index contributed by atoms with van der Waals surface area (Å²) in [6.45, 7) is 0. The largest absolute Gasteiger partial charge is 0.767 e. The summed E-state index contributed by atoms with van der Waals surface area (Å²) in [5.41, 5.74) is 0. The van der Waals surface area contributed by atoms with E-state index < -0.39 is 5.91 Å². The molecule has 0 unspecified atom stereocenters. The van der Waals surface area contributed by atoms with Crippen LogP contribution in [0.4, 0.5) is 0 Å². The highest BCUT2D eigenvalue weighted by atomic mass is 35.5. The minimum Gasteiger partial charge on any atom is -0.263 e. The monoisotopic (exact) mass is 690 g/mol. The zero-order valence-electron chi connectivity index (χ0n) is 22.3. The van der Waals surface area contributed by atoms with Gasteiger partial charge in [-0.15, -0.1) is 0 Å². The molecule has 0 bridgehead atoms. The molecule has 6 rings (SSSR count). The Morgan fingerprint density at radius 3 is 0.860 bits per heavy atom. The van der Waals surface area contributed by atoms with Crippen LogP contribution in [-0.4, -0.2) is 9.97 Å². The lowest BCUT2D eigenvalue weighted by atomic mass is 10.3. The van der Waals surface area contributed by atoms with Crippen molar-refractivity contribution in [3.05, 3.63) is 177 Å². The zero-order valence-corrected chi connectivity index (χ0v) is 26.8. The smallest absolute Gasteiger partial charge is 0.263 e. The fourth-order valence-corrected chi connectivity index (χ4v) is 4.99. The quantitative estimate of drug-likeness (QED) is 0.185. The first-order chi connectivity index (χ1) is 20.8. The van der Waals surface area contributed by atoms with Crippen molar-refractivity contribution in [1.29, 1.82) is 0 Å². The van der Waals surface area contributed by atoms with Crippen molar-refractivity contribution in [2.75, 3.05) is 0 Å². The summed E-state index contributed by atoms with van der Waals surface area (Å²) in [4.78, 5) is 7.50. The Hall–Kier alpha value is -3.36. The number of hydrogen-bond donors (Lipinski definition) is 0. The molecule has 0 atom stereocenters. The summed E-state index contributed by atoms with van der Waals surface area (Å²) in [6, 6.07) is 21.9. The number of nitrogens with zero attached hydrogens (tertiary/aromatic N) is 6. The molecule has 43 heavy (non-hydrogen) atoms. The standard InChI is InChI=1S/C21H16Cl4N4.2C5H4ClN/c22-17-5-1-9-26(13-17)21(27-10-2-6-18(23)14-27,28-11-3-7-19(24)15-28)29-12-4-8-20(25)16-29;2*6-5-2-1-3-7-4-5/h1-16H;2*1-4H/q+4;;. The van der Waals surface area contributed by atoms with Crippen molar-refractivity contribution in [3.63, 3.8) is 0 Å². The van der Waals surface area contributed by atoms with Crippen LogP contribution in [0.3, 0.4) is 0 Å². The van der Waals surface area contributed by atoms with E-state index in [9.17, 15) is 0 Å². The summed E-state index contributed by atoms with van der Waals surface area (Å²) in [5, 5.41) is 3.66. The third-order valence-electron chi connectivity index (χ3n) is 5.69. The SMILES string of the molecule is Clc1ccc[n+](C([n+]2cccc(Cl)c2)([n+]2cccc(Cl)c2)[n+]2cccc(Cl)c2)c1.Clc1cccnc1.Clc1cccnc1. The van der Waals surface area contributed by atoms with Gasteiger partial charge in [0.25, 0.3) is 0 Å². The average Bonchev–Trinajstić information content (AvgIpc) is 2.99. The van der Waals surface area contributed by atoms with Crippen molar-refractivity contribution >= 4 is 69.6 Å². The maximum Gasteiger partial charge on any atom is 0.767 e. The third-order valence-corrected chi connectivity index (χ3v) is 7.04. The molecule has 0 saturated carbocycles. The van der Waals surface area contributed by atoms with E-state index in [1.54, 1.807) is 49.1 Å². The van der Waals surface area contributed by atoms with E-state index in [0.29, 0.717) is 30.1 Å². The van der Waals surface area contributed by atoms with Crippen molar-refractivity contribution in [2.45, 2.75) is 5.91 Å². The van der Waals surface area contributed by atoms with Crippen LogP contribution in [0.2, 0.25) is 30.1 Å². The Morgan fingerprint density at radius 2 is 0.674 bits per heavy atom. The molecule has 0 N–H and O–H groups in total. The third kappa shape index (κ3) is 8.83. The lowest BCUT2D eigenvalue weighted by molar-refractivity contribution is -1.32. The first kappa shape index (κ1) is 32.6. The Labute approximate surface area is 279 Å². The molecule has 0 aliphatic rings. The Bertz CT molecular complexity index is 1530. The van der Waals surface area contributed by atoms with Crippen LogP contribution in [0, 0.1) is 0 Å². The summed E-state index contributed by atoms with van der Waals surface area (Å²) in [7, 11) is 0. The minimum atomic E-state index is -1.04. The molecule has 0 fully saturated rings. The number of rotatable bonds is 4. The number of pyridine rings is 6. The topological polar surface area (TPSA) is 41.3 Å². The van der Waals surface area contributed by atoms with Crippen LogP contribution < -0.4 is 18.3 Å². The van der Waals surface area contributed by atoms with E-state index in [4.69, 9.17) is 69.6 Å². The second-order valence-electron chi connectivity index (χ2n) is 8.66. The molecular formula is C31H24Cl6N6+4. The molecular weight excluding hydrogens is 669 g/mol. The van der Waals surface area contributed by atoms with Crippen LogP contribution >= 0.6 is 69.6 Å². The second kappa shape index (κ2) is 15.9. The van der Waals surface area contributed by atoms with Gasteiger partial charge in [-0.05, 0) is 66.8 Å². The molecule has 0 amide bonds. The highest BCUT2D eigenvalue weighted by Gasteiger charge is 2.70. The maximum absolute atomic E-state index is 6.38. The van der Waals surface area contributed by atoms with Gasteiger partial charge in [-0.2, -0.15) is 0 Å². The van der Waals surface area contributed by atoms with Crippen LogP contribution in [0.1, 0.15) is 0 Å². The predicted octanol–water partition coefficient (Wildman–Crippen LogP) is 7.13. The van der Waals surface area contributed by atoms with Crippen molar-refractivity contribution < 1.29 is 18.3 Å². The van der Waals surface area contributed by atoms with Crippen LogP contribution in [-0.2, 0) is 5.91 Å².